The Hall–Kier alpha value is -0.160. The van der Waals surface area contributed by atoms with Crippen LogP contribution in [0.15, 0.2) is 33.2 Å². The van der Waals surface area contributed by atoms with Crippen molar-refractivity contribution in [3.05, 3.63) is 54.1 Å². The van der Waals surface area contributed by atoms with Gasteiger partial charge < -0.3 is 5.73 Å². The third-order valence-corrected chi connectivity index (χ3v) is 6.15. The molecule has 0 fully saturated rings. The maximum Gasteiger partial charge on any atom is 0.0657 e. The van der Waals surface area contributed by atoms with Crippen molar-refractivity contribution in [2.24, 2.45) is 5.73 Å². The first-order chi connectivity index (χ1) is 9.15. The number of hydrogen-bond donors (Lipinski definition) is 1. The van der Waals surface area contributed by atoms with E-state index in [1.165, 1.54) is 36.1 Å². The van der Waals surface area contributed by atoms with Gasteiger partial charge in [0.25, 0.3) is 0 Å². The van der Waals surface area contributed by atoms with Crippen LogP contribution in [-0.4, -0.2) is 0 Å². The Morgan fingerprint density at radius 1 is 1.11 bits per heavy atom. The minimum atomic E-state index is -0.0394. The van der Waals surface area contributed by atoms with Gasteiger partial charge in [-0.3, -0.25) is 0 Å². The molecule has 19 heavy (non-hydrogen) atoms. The van der Waals surface area contributed by atoms with Crippen LogP contribution in [0.2, 0.25) is 0 Å². The highest BCUT2D eigenvalue weighted by Crippen LogP contribution is 2.36. The molecule has 3 rings (SSSR count). The summed E-state index contributed by atoms with van der Waals surface area (Å²) in [4.78, 5) is 2.83. The molecule has 0 saturated heterocycles. The van der Waals surface area contributed by atoms with E-state index < -0.39 is 0 Å². The van der Waals surface area contributed by atoms with Crippen molar-refractivity contribution >= 4 is 43.2 Å². The van der Waals surface area contributed by atoms with Crippen molar-refractivity contribution in [3.8, 4) is 0 Å². The molecular weight excluding hydrogens is 386 g/mol. The molecule has 1 aromatic heterocycles. The van der Waals surface area contributed by atoms with E-state index in [9.17, 15) is 0 Å². The summed E-state index contributed by atoms with van der Waals surface area (Å²) in [6.07, 6.45) is 5.09. The van der Waals surface area contributed by atoms with E-state index in [2.05, 4.69) is 44.0 Å². The van der Waals surface area contributed by atoms with Gasteiger partial charge in [0, 0.05) is 18.7 Å². The second kappa shape index (κ2) is 5.68. The normalized spacial score (nSPS) is 16.2. The first-order valence-electron chi connectivity index (χ1n) is 6.47. The minimum Gasteiger partial charge on any atom is -0.320 e. The Morgan fingerprint density at radius 3 is 2.68 bits per heavy atom. The summed E-state index contributed by atoms with van der Waals surface area (Å²) < 4.78 is 2.15. The number of hydrogen-bond acceptors (Lipinski definition) is 2. The van der Waals surface area contributed by atoms with E-state index in [0.29, 0.717) is 0 Å². The van der Waals surface area contributed by atoms with Crippen LogP contribution in [0, 0.1) is 0 Å². The van der Waals surface area contributed by atoms with Crippen molar-refractivity contribution in [3.63, 3.8) is 0 Å². The lowest BCUT2D eigenvalue weighted by molar-refractivity contribution is 0.696. The van der Waals surface area contributed by atoms with Crippen LogP contribution in [0.3, 0.4) is 0 Å². The standard InChI is InChI=1S/C15H15Br2NS/c16-10-5-6-12(17)11(8-10)15(18)14-7-9-3-1-2-4-13(9)19-14/h5-8,15H,1-4,18H2. The second-order valence-electron chi connectivity index (χ2n) is 4.95. The third kappa shape index (κ3) is 2.82. The van der Waals surface area contributed by atoms with Gasteiger partial charge in [-0.15, -0.1) is 11.3 Å². The van der Waals surface area contributed by atoms with E-state index in [1.807, 2.05) is 23.5 Å². The molecule has 0 saturated carbocycles. The summed E-state index contributed by atoms with van der Waals surface area (Å²) in [5, 5.41) is 0. The Balaban J connectivity index is 1.97. The molecule has 0 bridgehead atoms. The predicted octanol–water partition coefficient (Wildman–Crippen LogP) is 5.20. The van der Waals surface area contributed by atoms with Gasteiger partial charge in [0.2, 0.25) is 0 Å². The Morgan fingerprint density at radius 2 is 1.89 bits per heavy atom. The fraction of sp³-hybridized carbons (Fsp3) is 0.333. The molecule has 1 nitrogen and oxygen atoms in total. The fourth-order valence-electron chi connectivity index (χ4n) is 2.57. The number of aryl methyl sites for hydroxylation is 2. The molecule has 1 aliphatic carbocycles. The molecule has 4 heteroatoms. The highest BCUT2D eigenvalue weighted by molar-refractivity contribution is 9.11. The van der Waals surface area contributed by atoms with Gasteiger partial charge in [0.15, 0.2) is 0 Å². The van der Waals surface area contributed by atoms with Gasteiger partial charge in [0.1, 0.15) is 0 Å². The van der Waals surface area contributed by atoms with Crippen molar-refractivity contribution in [1.82, 2.24) is 0 Å². The van der Waals surface area contributed by atoms with E-state index in [4.69, 9.17) is 5.73 Å². The first-order valence-corrected chi connectivity index (χ1v) is 8.87. The minimum absolute atomic E-state index is 0.0394. The van der Waals surface area contributed by atoms with E-state index in [1.54, 1.807) is 4.88 Å². The van der Waals surface area contributed by atoms with Crippen LogP contribution in [0.1, 0.15) is 39.8 Å². The van der Waals surface area contributed by atoms with Gasteiger partial charge in [-0.1, -0.05) is 31.9 Å². The molecule has 1 heterocycles. The Labute approximate surface area is 134 Å². The monoisotopic (exact) mass is 399 g/mol. The SMILES string of the molecule is NC(c1cc2c(s1)CCCC2)c1cc(Br)ccc1Br. The number of halogens is 2. The average molecular weight is 401 g/mol. The van der Waals surface area contributed by atoms with Crippen LogP contribution in [0.5, 0.6) is 0 Å². The van der Waals surface area contributed by atoms with Crippen LogP contribution in [0.25, 0.3) is 0 Å². The Kier molecular flexibility index (Phi) is 4.13. The number of rotatable bonds is 2. The third-order valence-electron chi connectivity index (χ3n) is 3.62. The summed E-state index contributed by atoms with van der Waals surface area (Å²) in [6, 6.07) is 8.46. The largest absolute Gasteiger partial charge is 0.320 e. The molecule has 0 amide bonds. The number of thiophene rings is 1. The van der Waals surface area contributed by atoms with Gasteiger partial charge in [-0.05, 0) is 61.1 Å². The second-order valence-corrected chi connectivity index (χ2v) is 7.89. The number of fused-ring (bicyclic) bond motifs is 1. The highest BCUT2D eigenvalue weighted by atomic mass is 79.9. The predicted molar refractivity (Wildman–Crippen MR) is 88.8 cm³/mol. The van der Waals surface area contributed by atoms with Crippen molar-refractivity contribution in [1.29, 1.82) is 0 Å². The maximum atomic E-state index is 6.46. The average Bonchev–Trinajstić information content (AvgIpc) is 2.84. The van der Waals surface area contributed by atoms with Crippen molar-refractivity contribution < 1.29 is 0 Å². The lowest BCUT2D eigenvalue weighted by Gasteiger charge is -2.12. The molecular formula is C15H15Br2NS. The lowest BCUT2D eigenvalue weighted by atomic mass is 9.98. The number of benzene rings is 1. The lowest BCUT2D eigenvalue weighted by Crippen LogP contribution is -2.10. The zero-order valence-corrected chi connectivity index (χ0v) is 14.4. The molecule has 1 aromatic carbocycles. The van der Waals surface area contributed by atoms with Crippen LogP contribution in [0.4, 0.5) is 0 Å². The smallest absolute Gasteiger partial charge is 0.0657 e. The first kappa shape index (κ1) is 13.8. The molecule has 0 radical (unpaired) electrons. The highest BCUT2D eigenvalue weighted by Gasteiger charge is 2.19. The Bertz CT molecular complexity index is 583. The van der Waals surface area contributed by atoms with Crippen LogP contribution in [-0.2, 0) is 12.8 Å². The summed E-state index contributed by atoms with van der Waals surface area (Å²) in [6.45, 7) is 0. The molecule has 1 unspecified atom stereocenters. The number of nitrogens with two attached hydrogens (primary N) is 1. The zero-order chi connectivity index (χ0) is 13.4. The zero-order valence-electron chi connectivity index (χ0n) is 10.5. The topological polar surface area (TPSA) is 26.0 Å². The van der Waals surface area contributed by atoms with E-state index in [-0.39, 0.29) is 6.04 Å². The summed E-state index contributed by atoms with van der Waals surface area (Å²) in [5.41, 5.74) is 9.13. The molecule has 1 atom stereocenters. The van der Waals surface area contributed by atoms with Gasteiger partial charge in [0.05, 0.1) is 6.04 Å². The van der Waals surface area contributed by atoms with Gasteiger partial charge in [-0.25, -0.2) is 0 Å². The molecule has 1 aliphatic rings. The molecule has 2 N–H and O–H groups in total. The molecule has 0 spiro atoms. The maximum absolute atomic E-state index is 6.46. The molecule has 0 aliphatic heterocycles. The van der Waals surface area contributed by atoms with Crippen LogP contribution < -0.4 is 5.73 Å². The van der Waals surface area contributed by atoms with Gasteiger partial charge in [-0.2, -0.15) is 0 Å². The fourth-order valence-corrected chi connectivity index (χ4v) is 4.72. The molecule has 2 aromatic rings. The summed E-state index contributed by atoms with van der Waals surface area (Å²) in [5.74, 6) is 0. The van der Waals surface area contributed by atoms with Crippen molar-refractivity contribution in [2.75, 3.05) is 0 Å². The summed E-state index contributed by atoms with van der Waals surface area (Å²) in [7, 11) is 0. The van der Waals surface area contributed by atoms with E-state index in [0.717, 1.165) is 14.5 Å². The van der Waals surface area contributed by atoms with Gasteiger partial charge >= 0.3 is 0 Å². The quantitative estimate of drug-likeness (QED) is 0.736. The van der Waals surface area contributed by atoms with Crippen LogP contribution >= 0.6 is 43.2 Å². The molecule has 100 valence electrons. The van der Waals surface area contributed by atoms with E-state index >= 15 is 0 Å². The van der Waals surface area contributed by atoms with Crippen molar-refractivity contribution in [2.45, 2.75) is 31.7 Å². The summed E-state index contributed by atoms with van der Waals surface area (Å²) >= 11 is 9.02.